The highest BCUT2D eigenvalue weighted by Gasteiger charge is 2.18. The van der Waals surface area contributed by atoms with Gasteiger partial charge in [-0.3, -0.25) is 0 Å². The van der Waals surface area contributed by atoms with Crippen molar-refractivity contribution < 1.29 is 4.39 Å². The van der Waals surface area contributed by atoms with Gasteiger partial charge in [0.1, 0.15) is 5.82 Å². The fourth-order valence-corrected chi connectivity index (χ4v) is 3.31. The standard InChI is InChI=1S/C18H25BrFN/c1-13(2)21-12-16(14-6-4-3-5-7-14)10-15-11-17(19)8-9-18(15)20/h8-11,13-14,21H,3-7,12H2,1-2H3/b16-10-. The van der Waals surface area contributed by atoms with Gasteiger partial charge in [0, 0.05) is 22.6 Å². The first-order valence-electron chi connectivity index (χ1n) is 7.95. The molecule has 0 unspecified atom stereocenters. The molecule has 0 spiro atoms. The van der Waals surface area contributed by atoms with Gasteiger partial charge < -0.3 is 5.32 Å². The van der Waals surface area contributed by atoms with Gasteiger partial charge in [-0.15, -0.1) is 0 Å². The van der Waals surface area contributed by atoms with Gasteiger partial charge in [-0.1, -0.05) is 60.7 Å². The maximum absolute atomic E-state index is 14.0. The smallest absolute Gasteiger partial charge is 0.130 e. The molecule has 1 aliphatic carbocycles. The Morgan fingerprint density at radius 2 is 2.05 bits per heavy atom. The van der Waals surface area contributed by atoms with E-state index in [4.69, 9.17) is 0 Å². The van der Waals surface area contributed by atoms with Crippen molar-refractivity contribution in [1.82, 2.24) is 5.32 Å². The third kappa shape index (κ3) is 5.23. The Bertz CT molecular complexity index is 490. The Kier molecular flexibility index (Phi) is 6.43. The fraction of sp³-hybridized carbons (Fsp3) is 0.556. The molecule has 0 atom stereocenters. The van der Waals surface area contributed by atoms with E-state index in [1.54, 1.807) is 6.07 Å². The zero-order chi connectivity index (χ0) is 15.2. The Morgan fingerprint density at radius 3 is 2.71 bits per heavy atom. The van der Waals surface area contributed by atoms with E-state index in [0.29, 0.717) is 17.5 Å². The van der Waals surface area contributed by atoms with Crippen molar-refractivity contribution >= 4 is 22.0 Å². The maximum atomic E-state index is 14.0. The van der Waals surface area contributed by atoms with Crippen molar-refractivity contribution in [3.63, 3.8) is 0 Å². The minimum absolute atomic E-state index is 0.143. The Morgan fingerprint density at radius 1 is 1.33 bits per heavy atom. The van der Waals surface area contributed by atoms with E-state index >= 15 is 0 Å². The number of halogens is 2. The molecule has 1 aromatic carbocycles. The molecule has 1 aliphatic rings. The van der Waals surface area contributed by atoms with Crippen molar-refractivity contribution in [2.24, 2.45) is 5.92 Å². The maximum Gasteiger partial charge on any atom is 0.130 e. The van der Waals surface area contributed by atoms with E-state index in [9.17, 15) is 4.39 Å². The number of rotatable bonds is 5. The second-order valence-electron chi connectivity index (χ2n) is 6.26. The lowest BCUT2D eigenvalue weighted by Gasteiger charge is -2.26. The van der Waals surface area contributed by atoms with Crippen LogP contribution in [0.15, 0.2) is 28.2 Å². The molecule has 1 fully saturated rings. The summed E-state index contributed by atoms with van der Waals surface area (Å²) in [6.07, 6.45) is 8.47. The third-order valence-electron chi connectivity index (χ3n) is 4.14. The minimum atomic E-state index is -0.143. The molecule has 1 aromatic rings. The van der Waals surface area contributed by atoms with E-state index in [0.717, 1.165) is 11.0 Å². The molecule has 2 rings (SSSR count). The van der Waals surface area contributed by atoms with Crippen LogP contribution in [0, 0.1) is 11.7 Å². The first kappa shape index (κ1) is 16.7. The first-order valence-corrected chi connectivity index (χ1v) is 8.74. The molecule has 0 aromatic heterocycles. The number of hydrogen-bond donors (Lipinski definition) is 1. The second kappa shape index (κ2) is 8.09. The van der Waals surface area contributed by atoms with Gasteiger partial charge in [0.15, 0.2) is 0 Å². The largest absolute Gasteiger partial charge is 0.311 e. The predicted octanol–water partition coefficient (Wildman–Crippen LogP) is 5.55. The molecular formula is C18H25BrFN. The lowest BCUT2D eigenvalue weighted by molar-refractivity contribution is 0.394. The van der Waals surface area contributed by atoms with Crippen molar-refractivity contribution in [3.05, 3.63) is 39.6 Å². The summed E-state index contributed by atoms with van der Waals surface area (Å²) in [7, 11) is 0. The van der Waals surface area contributed by atoms with Gasteiger partial charge in [0.25, 0.3) is 0 Å². The van der Waals surface area contributed by atoms with Crippen molar-refractivity contribution in [1.29, 1.82) is 0 Å². The lowest BCUT2D eigenvalue weighted by atomic mass is 9.83. The number of benzene rings is 1. The van der Waals surface area contributed by atoms with E-state index < -0.39 is 0 Å². The van der Waals surface area contributed by atoms with Crippen molar-refractivity contribution in [3.8, 4) is 0 Å². The summed E-state index contributed by atoms with van der Waals surface area (Å²) < 4.78 is 14.9. The summed E-state index contributed by atoms with van der Waals surface area (Å²) in [5.74, 6) is 0.458. The van der Waals surface area contributed by atoms with Gasteiger partial charge in [-0.25, -0.2) is 4.39 Å². The number of nitrogens with one attached hydrogen (secondary N) is 1. The van der Waals surface area contributed by atoms with Crippen LogP contribution in [0.5, 0.6) is 0 Å². The summed E-state index contributed by atoms with van der Waals surface area (Å²) >= 11 is 3.43. The highest BCUT2D eigenvalue weighted by molar-refractivity contribution is 9.10. The summed E-state index contributed by atoms with van der Waals surface area (Å²) in [4.78, 5) is 0. The fourth-order valence-electron chi connectivity index (χ4n) is 2.93. The normalized spacial score (nSPS) is 17.5. The summed E-state index contributed by atoms with van der Waals surface area (Å²) in [6.45, 7) is 5.16. The van der Waals surface area contributed by atoms with Crippen LogP contribution >= 0.6 is 15.9 Å². The molecule has 0 aliphatic heterocycles. The first-order chi connectivity index (χ1) is 10.1. The molecule has 1 saturated carbocycles. The zero-order valence-electron chi connectivity index (χ0n) is 13.0. The lowest BCUT2D eigenvalue weighted by Crippen LogP contribution is -2.28. The van der Waals surface area contributed by atoms with E-state index in [1.165, 1.54) is 43.7 Å². The molecule has 0 amide bonds. The topological polar surface area (TPSA) is 12.0 Å². The molecule has 116 valence electrons. The molecule has 1 nitrogen and oxygen atoms in total. The van der Waals surface area contributed by atoms with Gasteiger partial charge in [0.2, 0.25) is 0 Å². The molecule has 0 bridgehead atoms. The summed E-state index contributed by atoms with van der Waals surface area (Å²) in [5.41, 5.74) is 2.04. The van der Waals surface area contributed by atoms with Crippen LogP contribution in [0.25, 0.3) is 6.08 Å². The summed E-state index contributed by atoms with van der Waals surface area (Å²) in [5, 5.41) is 3.49. The Labute approximate surface area is 136 Å². The monoisotopic (exact) mass is 353 g/mol. The molecule has 0 saturated heterocycles. The van der Waals surface area contributed by atoms with Gasteiger partial charge >= 0.3 is 0 Å². The molecule has 0 radical (unpaired) electrons. The molecule has 0 heterocycles. The van der Waals surface area contributed by atoms with Crippen LogP contribution in [0.4, 0.5) is 4.39 Å². The highest BCUT2D eigenvalue weighted by atomic mass is 79.9. The van der Waals surface area contributed by atoms with Crippen LogP contribution in [0.3, 0.4) is 0 Å². The molecular weight excluding hydrogens is 329 g/mol. The van der Waals surface area contributed by atoms with Crippen LogP contribution in [-0.4, -0.2) is 12.6 Å². The Balaban J connectivity index is 2.23. The summed E-state index contributed by atoms with van der Waals surface area (Å²) in [6, 6.07) is 5.60. The van der Waals surface area contributed by atoms with Crippen molar-refractivity contribution in [2.75, 3.05) is 6.54 Å². The van der Waals surface area contributed by atoms with E-state index in [2.05, 4.69) is 41.2 Å². The van der Waals surface area contributed by atoms with Crippen LogP contribution in [0.1, 0.15) is 51.5 Å². The average molecular weight is 354 g/mol. The van der Waals surface area contributed by atoms with Crippen molar-refractivity contribution in [2.45, 2.75) is 52.0 Å². The second-order valence-corrected chi connectivity index (χ2v) is 7.17. The quantitative estimate of drug-likeness (QED) is 0.731. The van der Waals surface area contributed by atoms with Gasteiger partial charge in [-0.05, 0) is 37.0 Å². The van der Waals surface area contributed by atoms with Gasteiger partial charge in [0.05, 0.1) is 0 Å². The minimum Gasteiger partial charge on any atom is -0.311 e. The molecule has 1 N–H and O–H groups in total. The van der Waals surface area contributed by atoms with Crippen LogP contribution < -0.4 is 5.32 Å². The third-order valence-corrected chi connectivity index (χ3v) is 4.64. The van der Waals surface area contributed by atoms with E-state index in [1.807, 2.05) is 6.07 Å². The average Bonchev–Trinajstić information content (AvgIpc) is 2.47. The van der Waals surface area contributed by atoms with E-state index in [-0.39, 0.29) is 5.82 Å². The molecule has 21 heavy (non-hydrogen) atoms. The Hall–Kier alpha value is -0.670. The highest BCUT2D eigenvalue weighted by Crippen LogP contribution is 2.31. The number of hydrogen-bond acceptors (Lipinski definition) is 1. The zero-order valence-corrected chi connectivity index (χ0v) is 14.5. The predicted molar refractivity (Wildman–Crippen MR) is 91.8 cm³/mol. The SMILES string of the molecule is CC(C)NC/C(=C/c1cc(Br)ccc1F)C1CCCCC1. The van der Waals surface area contributed by atoms with Crippen LogP contribution in [-0.2, 0) is 0 Å². The van der Waals surface area contributed by atoms with Crippen LogP contribution in [0.2, 0.25) is 0 Å². The molecule has 3 heteroatoms. The van der Waals surface area contributed by atoms with Gasteiger partial charge in [-0.2, -0.15) is 0 Å².